The van der Waals surface area contributed by atoms with Crippen LogP contribution in [0.5, 0.6) is 0 Å². The predicted octanol–water partition coefficient (Wildman–Crippen LogP) is 6.43. The first kappa shape index (κ1) is 15.6. The third-order valence-electron chi connectivity index (χ3n) is 6.64. The van der Waals surface area contributed by atoms with Gasteiger partial charge in [-0.05, 0) is 26.7 Å². The van der Waals surface area contributed by atoms with E-state index in [4.69, 9.17) is 0 Å². The fourth-order valence-corrected chi connectivity index (χ4v) is 7.40. The molecule has 0 radical (unpaired) electrons. The second-order valence-corrected chi connectivity index (χ2v) is 14.2. The average molecular weight is 300 g/mol. The molecule has 3 rings (SSSR count). The summed E-state index contributed by atoms with van der Waals surface area (Å²) in [6.07, 6.45) is 11.7. The lowest BCUT2D eigenvalue weighted by Gasteiger charge is -2.45. The fourth-order valence-electron chi connectivity index (χ4n) is 5.38. The standard InChI is InChI=1S/C19H33BSi/c1-14-12-18(19(13-15(14)2)21(3,4)5)20-16-8-6-9-17(20)11-7-10-16/h16-17H,6-13H2,1-5H3. The summed E-state index contributed by atoms with van der Waals surface area (Å²) in [4.78, 5) is 0. The van der Waals surface area contributed by atoms with Gasteiger partial charge in [-0.25, -0.2) is 0 Å². The van der Waals surface area contributed by atoms with E-state index in [9.17, 15) is 0 Å². The molecule has 0 nitrogen and oxygen atoms in total. The van der Waals surface area contributed by atoms with Gasteiger partial charge in [0, 0.05) is 0 Å². The lowest BCUT2D eigenvalue weighted by molar-refractivity contribution is 0.445. The van der Waals surface area contributed by atoms with Gasteiger partial charge >= 0.3 is 0 Å². The summed E-state index contributed by atoms with van der Waals surface area (Å²) in [7, 11) is -1.18. The Morgan fingerprint density at radius 3 is 1.76 bits per heavy atom. The Morgan fingerprint density at radius 1 is 0.810 bits per heavy atom. The molecule has 0 N–H and O–H groups in total. The quantitative estimate of drug-likeness (QED) is 0.407. The highest BCUT2D eigenvalue weighted by molar-refractivity contribution is 6.85. The zero-order valence-electron chi connectivity index (χ0n) is 14.9. The summed E-state index contributed by atoms with van der Waals surface area (Å²) in [6.45, 7) is 13.5. The Kier molecular flexibility index (Phi) is 4.29. The van der Waals surface area contributed by atoms with Crippen molar-refractivity contribution in [1.29, 1.82) is 0 Å². The molecular formula is C19H33BSi. The number of fused-ring (bicyclic) bond motifs is 2. The van der Waals surface area contributed by atoms with Crippen LogP contribution in [0.4, 0.5) is 0 Å². The minimum absolute atomic E-state index is 0.970. The van der Waals surface area contributed by atoms with Crippen LogP contribution in [0.25, 0.3) is 0 Å². The molecule has 2 bridgehead atoms. The van der Waals surface area contributed by atoms with Crippen LogP contribution in [0.1, 0.15) is 65.2 Å². The van der Waals surface area contributed by atoms with Crippen molar-refractivity contribution < 1.29 is 0 Å². The molecule has 21 heavy (non-hydrogen) atoms. The van der Waals surface area contributed by atoms with Gasteiger partial charge in [-0.1, -0.05) is 86.1 Å². The molecule has 2 heterocycles. The fraction of sp³-hybridized carbons (Fsp3) is 0.789. The molecule has 0 atom stereocenters. The van der Waals surface area contributed by atoms with E-state index in [-0.39, 0.29) is 0 Å². The highest BCUT2D eigenvalue weighted by atomic mass is 28.3. The van der Waals surface area contributed by atoms with Crippen LogP contribution < -0.4 is 0 Å². The van der Waals surface area contributed by atoms with E-state index in [1.54, 1.807) is 11.1 Å². The molecule has 116 valence electrons. The van der Waals surface area contributed by atoms with Gasteiger partial charge < -0.3 is 0 Å². The Hall–Kier alpha value is -0.238. The van der Waals surface area contributed by atoms with Crippen LogP contribution in [0.2, 0.25) is 31.3 Å². The van der Waals surface area contributed by atoms with Gasteiger partial charge in [-0.2, -0.15) is 0 Å². The summed E-state index contributed by atoms with van der Waals surface area (Å²) < 4.78 is 0. The van der Waals surface area contributed by atoms with Crippen LogP contribution in [-0.4, -0.2) is 14.8 Å². The van der Waals surface area contributed by atoms with Crippen molar-refractivity contribution in [2.75, 3.05) is 0 Å². The Balaban J connectivity index is 2.00. The minimum Gasteiger partial charge on any atom is -0.101 e. The summed E-state index contributed by atoms with van der Waals surface area (Å²) >= 11 is 0. The van der Waals surface area contributed by atoms with Crippen LogP contribution >= 0.6 is 0 Å². The van der Waals surface area contributed by atoms with Crippen molar-refractivity contribution in [1.82, 2.24) is 0 Å². The Bertz CT molecular complexity index is 458. The minimum atomic E-state index is -1.18. The van der Waals surface area contributed by atoms with Gasteiger partial charge in [0.1, 0.15) is 0 Å². The van der Waals surface area contributed by atoms with Crippen LogP contribution in [0, 0.1) is 0 Å². The second-order valence-electron chi connectivity index (χ2n) is 9.08. The van der Waals surface area contributed by atoms with E-state index in [0.29, 0.717) is 0 Å². The smallest absolute Gasteiger partial charge is 0.101 e. The summed E-state index contributed by atoms with van der Waals surface area (Å²) in [6, 6.07) is 0. The molecule has 0 aromatic carbocycles. The maximum Gasteiger partial charge on any atom is 0.176 e. The first-order chi connectivity index (χ1) is 9.88. The van der Waals surface area contributed by atoms with E-state index < -0.39 is 8.07 Å². The first-order valence-corrected chi connectivity index (χ1v) is 12.8. The van der Waals surface area contributed by atoms with Crippen LogP contribution in [0.15, 0.2) is 21.8 Å². The third-order valence-corrected chi connectivity index (χ3v) is 8.95. The lowest BCUT2D eigenvalue weighted by Crippen LogP contribution is -2.40. The van der Waals surface area contributed by atoms with Gasteiger partial charge in [-0.15, -0.1) is 5.47 Å². The lowest BCUT2D eigenvalue weighted by atomic mass is 9.23. The first-order valence-electron chi connectivity index (χ1n) is 9.25. The molecule has 3 aliphatic rings. The van der Waals surface area contributed by atoms with E-state index in [1.165, 1.54) is 51.4 Å². The van der Waals surface area contributed by atoms with Crippen molar-refractivity contribution in [3.8, 4) is 0 Å². The molecule has 0 unspecified atom stereocenters. The monoisotopic (exact) mass is 300 g/mol. The van der Waals surface area contributed by atoms with E-state index in [2.05, 4.69) is 33.5 Å². The molecule has 0 aromatic heterocycles. The van der Waals surface area contributed by atoms with Crippen LogP contribution in [-0.2, 0) is 0 Å². The number of hydrogen-bond donors (Lipinski definition) is 0. The molecule has 2 fully saturated rings. The average Bonchev–Trinajstić information content (AvgIpc) is 2.39. The molecule has 0 spiro atoms. The molecule has 2 saturated heterocycles. The van der Waals surface area contributed by atoms with Gasteiger partial charge in [0.15, 0.2) is 6.71 Å². The van der Waals surface area contributed by atoms with Gasteiger partial charge in [-0.3, -0.25) is 0 Å². The maximum absolute atomic E-state index is 2.58. The molecule has 0 saturated carbocycles. The van der Waals surface area contributed by atoms with Gasteiger partial charge in [0.05, 0.1) is 8.07 Å². The molecule has 1 aliphatic carbocycles. The topological polar surface area (TPSA) is 0 Å². The summed E-state index contributed by atoms with van der Waals surface area (Å²) in [5, 5.41) is 1.94. The summed E-state index contributed by atoms with van der Waals surface area (Å²) in [5.74, 6) is 2.06. The number of allylic oxidation sites excluding steroid dienone is 4. The van der Waals surface area contributed by atoms with Crippen molar-refractivity contribution >= 4 is 14.8 Å². The maximum atomic E-state index is 2.58. The van der Waals surface area contributed by atoms with Gasteiger partial charge in [0.25, 0.3) is 0 Å². The zero-order chi connectivity index (χ0) is 15.2. The highest BCUT2D eigenvalue weighted by Crippen LogP contribution is 2.52. The second kappa shape index (κ2) is 5.76. The molecule has 0 aromatic rings. The van der Waals surface area contributed by atoms with Crippen molar-refractivity contribution in [2.45, 2.75) is 96.5 Å². The summed E-state index contributed by atoms with van der Waals surface area (Å²) in [5.41, 5.74) is 5.32. The van der Waals surface area contributed by atoms with Crippen LogP contribution in [0.3, 0.4) is 0 Å². The van der Waals surface area contributed by atoms with Gasteiger partial charge in [0.2, 0.25) is 0 Å². The Labute approximate surface area is 133 Å². The number of rotatable bonds is 2. The zero-order valence-corrected chi connectivity index (χ0v) is 15.9. The molecule has 2 heteroatoms. The predicted molar refractivity (Wildman–Crippen MR) is 98.9 cm³/mol. The van der Waals surface area contributed by atoms with Crippen molar-refractivity contribution in [2.24, 2.45) is 0 Å². The largest absolute Gasteiger partial charge is 0.176 e. The van der Waals surface area contributed by atoms with E-state index in [0.717, 1.165) is 18.3 Å². The normalized spacial score (nSPS) is 31.0. The van der Waals surface area contributed by atoms with Crippen molar-refractivity contribution in [3.63, 3.8) is 0 Å². The SMILES string of the molecule is CC1=C(C)CC([Si](C)(C)C)=C(B2C3CCCC2CCC3)C1. The molecule has 0 amide bonds. The Morgan fingerprint density at radius 2 is 1.29 bits per heavy atom. The third kappa shape index (κ3) is 2.98. The number of hydrogen-bond acceptors (Lipinski definition) is 0. The van der Waals surface area contributed by atoms with E-state index in [1.807, 2.05) is 10.7 Å². The van der Waals surface area contributed by atoms with E-state index >= 15 is 0 Å². The van der Waals surface area contributed by atoms with Crippen molar-refractivity contribution in [3.05, 3.63) is 21.8 Å². The highest BCUT2D eigenvalue weighted by Gasteiger charge is 2.43. The molecule has 2 aliphatic heterocycles. The molecular weight excluding hydrogens is 267 g/mol.